The number of nitrogens with two attached hydrogens (primary N) is 1. The van der Waals surface area contributed by atoms with Crippen molar-refractivity contribution in [3.05, 3.63) is 46.4 Å². The first-order valence-electron chi connectivity index (χ1n) is 11.1. The normalized spacial score (nSPS) is 20.9. The van der Waals surface area contributed by atoms with Crippen LogP contribution in [0.1, 0.15) is 48.4 Å². The van der Waals surface area contributed by atoms with E-state index >= 15 is 0 Å². The number of nitrogens with zero attached hydrogens (tertiary/aromatic N) is 4. The Kier molecular flexibility index (Phi) is 8.29. The van der Waals surface area contributed by atoms with Crippen LogP contribution in [-0.2, 0) is 13.0 Å². The van der Waals surface area contributed by atoms with Crippen LogP contribution in [0.5, 0.6) is 0 Å². The number of allylic oxidation sites excluding steroid dienone is 2. The highest BCUT2D eigenvalue weighted by atomic mass is 31.0. The van der Waals surface area contributed by atoms with E-state index in [-0.39, 0.29) is 17.9 Å². The highest BCUT2D eigenvalue weighted by molar-refractivity contribution is 7.18. The number of carbonyl (C=O) groups excluding carboxylic acids is 1. The fourth-order valence-corrected chi connectivity index (χ4v) is 4.43. The third-order valence-corrected chi connectivity index (χ3v) is 6.20. The summed E-state index contributed by atoms with van der Waals surface area (Å²) in [6, 6.07) is 1.67. The minimum absolute atomic E-state index is 0.153. The number of hydrogen-bond acceptors (Lipinski definition) is 5. The number of hydrogen-bond donors (Lipinski definition) is 1. The summed E-state index contributed by atoms with van der Waals surface area (Å²) in [5.74, 6) is -0.633. The SMILES string of the molecule is CC=N/C(=C\C(=C/C)CN1CCc2c(N3CCCC(F)C3)cc(C(N)=O)nc2C1)C(F)(F)P. The van der Waals surface area contributed by atoms with E-state index in [9.17, 15) is 18.0 Å². The Balaban J connectivity index is 1.86. The monoisotopic (exact) mass is 481 g/mol. The number of alkyl halides is 3. The number of aliphatic imine (C=N–C) groups is 1. The lowest BCUT2D eigenvalue weighted by atomic mass is 9.98. The van der Waals surface area contributed by atoms with Gasteiger partial charge in [0, 0.05) is 44.6 Å². The highest BCUT2D eigenvalue weighted by Gasteiger charge is 2.29. The largest absolute Gasteiger partial charge is 0.368 e. The summed E-state index contributed by atoms with van der Waals surface area (Å²) in [4.78, 5) is 24.3. The summed E-state index contributed by atoms with van der Waals surface area (Å²) in [5.41, 5.74) is 5.45. The molecule has 10 heteroatoms. The fraction of sp³-hybridized carbons (Fsp3) is 0.522. The van der Waals surface area contributed by atoms with Crippen LogP contribution in [0.2, 0.25) is 0 Å². The molecule has 0 bridgehead atoms. The molecule has 3 rings (SSSR count). The maximum Gasteiger partial charge on any atom is 0.300 e. The zero-order valence-corrected chi connectivity index (χ0v) is 20.2. The van der Waals surface area contributed by atoms with Crippen molar-refractivity contribution >= 4 is 27.0 Å². The number of anilines is 1. The smallest absolute Gasteiger partial charge is 0.300 e. The Morgan fingerprint density at radius 2 is 2.15 bits per heavy atom. The number of piperidine rings is 1. The van der Waals surface area contributed by atoms with E-state index in [2.05, 4.69) is 14.9 Å². The van der Waals surface area contributed by atoms with Crippen LogP contribution in [0.25, 0.3) is 0 Å². The van der Waals surface area contributed by atoms with Gasteiger partial charge in [0.25, 0.3) is 11.6 Å². The molecule has 2 aliphatic rings. The van der Waals surface area contributed by atoms with Crippen LogP contribution >= 0.6 is 9.24 Å². The lowest BCUT2D eigenvalue weighted by molar-refractivity contribution is 0.0995. The number of rotatable bonds is 7. The number of halogens is 3. The first kappa shape index (κ1) is 25.4. The Morgan fingerprint density at radius 1 is 1.39 bits per heavy atom. The summed E-state index contributed by atoms with van der Waals surface area (Å²) in [7, 11) is 1.52. The summed E-state index contributed by atoms with van der Waals surface area (Å²) < 4.78 is 41.8. The molecule has 2 N–H and O–H groups in total. The first-order chi connectivity index (χ1) is 15.6. The van der Waals surface area contributed by atoms with Gasteiger partial charge >= 0.3 is 0 Å². The second-order valence-corrected chi connectivity index (χ2v) is 9.09. The van der Waals surface area contributed by atoms with E-state index in [4.69, 9.17) is 5.73 Å². The molecule has 1 aromatic rings. The van der Waals surface area contributed by atoms with Gasteiger partial charge in [0.2, 0.25) is 0 Å². The van der Waals surface area contributed by atoms with Crippen molar-refractivity contribution in [3.63, 3.8) is 0 Å². The van der Waals surface area contributed by atoms with Crippen molar-refractivity contribution in [3.8, 4) is 0 Å². The zero-order valence-electron chi connectivity index (χ0n) is 19.0. The Morgan fingerprint density at radius 3 is 2.76 bits per heavy atom. The summed E-state index contributed by atoms with van der Waals surface area (Å²) >= 11 is 0. The van der Waals surface area contributed by atoms with Gasteiger partial charge in [0.15, 0.2) is 0 Å². The number of primary amides is 1. The summed E-state index contributed by atoms with van der Waals surface area (Å²) in [6.45, 7) is 5.93. The minimum Gasteiger partial charge on any atom is -0.368 e. The van der Waals surface area contributed by atoms with Crippen LogP contribution in [0, 0.1) is 0 Å². The second kappa shape index (κ2) is 10.8. The topological polar surface area (TPSA) is 74.8 Å². The van der Waals surface area contributed by atoms with Gasteiger partial charge in [-0.3, -0.25) is 14.7 Å². The molecule has 0 spiro atoms. The highest BCUT2D eigenvalue weighted by Crippen LogP contribution is 2.34. The van der Waals surface area contributed by atoms with Crippen molar-refractivity contribution in [1.82, 2.24) is 9.88 Å². The predicted octanol–water partition coefficient (Wildman–Crippen LogP) is 3.87. The van der Waals surface area contributed by atoms with Gasteiger partial charge in [0.1, 0.15) is 17.6 Å². The molecule has 1 aromatic heterocycles. The first-order valence-corrected chi connectivity index (χ1v) is 11.7. The van der Waals surface area contributed by atoms with Gasteiger partial charge in [-0.2, -0.15) is 8.78 Å². The molecule has 0 saturated carbocycles. The van der Waals surface area contributed by atoms with E-state index in [1.165, 1.54) is 21.5 Å². The van der Waals surface area contributed by atoms with E-state index in [1.54, 1.807) is 26.0 Å². The molecular weight excluding hydrogens is 450 g/mol. The molecule has 180 valence electrons. The molecule has 0 aliphatic carbocycles. The Labute approximate surface area is 195 Å². The maximum absolute atomic E-state index is 14.1. The molecular formula is C23H31F3N5OP. The van der Waals surface area contributed by atoms with E-state index in [0.29, 0.717) is 38.0 Å². The maximum atomic E-state index is 14.1. The zero-order chi connectivity index (χ0) is 24.2. The standard InChI is InChI=1S/C23H31F3N5OP/c1-3-15(10-21(28-4-2)23(25,26)33)12-30-9-7-17-19(14-30)29-18(22(27)32)11-20(17)31-8-5-6-16(24)13-31/h3-4,10-11,16H,5-9,12-14,33H2,1-2H3,(H2,27,32)/b15-3+,21-10-,28-4?. The molecule has 33 heavy (non-hydrogen) atoms. The van der Waals surface area contributed by atoms with E-state index in [1.807, 2.05) is 4.90 Å². The lowest BCUT2D eigenvalue weighted by Gasteiger charge is -2.36. The molecule has 6 nitrogen and oxygen atoms in total. The average molecular weight is 482 g/mol. The van der Waals surface area contributed by atoms with Gasteiger partial charge in [-0.25, -0.2) is 9.37 Å². The van der Waals surface area contributed by atoms with Crippen LogP contribution < -0.4 is 10.6 Å². The van der Waals surface area contributed by atoms with Crippen molar-refractivity contribution in [2.75, 3.05) is 31.1 Å². The number of fused-ring (bicyclic) bond motifs is 1. The van der Waals surface area contributed by atoms with Crippen LogP contribution in [-0.4, -0.2) is 60.0 Å². The second-order valence-electron chi connectivity index (χ2n) is 8.37. The molecule has 0 radical (unpaired) electrons. The molecule has 1 amide bonds. The van der Waals surface area contributed by atoms with Gasteiger partial charge in [-0.1, -0.05) is 15.3 Å². The fourth-order valence-electron chi connectivity index (χ4n) is 4.27. The van der Waals surface area contributed by atoms with Gasteiger partial charge < -0.3 is 10.6 Å². The van der Waals surface area contributed by atoms with Crippen LogP contribution in [0.15, 0.2) is 34.5 Å². The quantitative estimate of drug-likeness (QED) is 0.365. The molecule has 3 heterocycles. The number of pyridine rings is 1. The van der Waals surface area contributed by atoms with Gasteiger partial charge in [-0.15, -0.1) is 0 Å². The number of amides is 1. The third-order valence-electron chi connectivity index (χ3n) is 5.90. The van der Waals surface area contributed by atoms with Crippen LogP contribution in [0.4, 0.5) is 18.9 Å². The van der Waals surface area contributed by atoms with Crippen molar-refractivity contribution in [2.24, 2.45) is 10.7 Å². The minimum atomic E-state index is -3.13. The van der Waals surface area contributed by atoms with Gasteiger partial charge in [-0.05, 0) is 56.4 Å². The van der Waals surface area contributed by atoms with Gasteiger partial charge in [0.05, 0.1) is 5.69 Å². The average Bonchev–Trinajstić information content (AvgIpc) is 2.76. The third kappa shape index (κ3) is 6.42. The molecule has 1 saturated heterocycles. The molecule has 1 fully saturated rings. The van der Waals surface area contributed by atoms with Crippen LogP contribution in [0.3, 0.4) is 0 Å². The van der Waals surface area contributed by atoms with Crippen molar-refractivity contribution in [2.45, 2.75) is 51.5 Å². The summed E-state index contributed by atoms with van der Waals surface area (Å²) in [6.07, 6.45) is 5.56. The number of carbonyl (C=O) groups is 1. The predicted molar refractivity (Wildman–Crippen MR) is 129 cm³/mol. The lowest BCUT2D eigenvalue weighted by Crippen LogP contribution is -2.39. The molecule has 0 aromatic carbocycles. The van der Waals surface area contributed by atoms with E-state index < -0.39 is 17.7 Å². The molecule has 2 unspecified atom stereocenters. The van der Waals surface area contributed by atoms with E-state index in [0.717, 1.165) is 29.9 Å². The molecule has 2 aliphatic heterocycles. The number of aromatic nitrogens is 1. The van der Waals surface area contributed by atoms with Crippen molar-refractivity contribution in [1.29, 1.82) is 0 Å². The molecule has 2 atom stereocenters. The van der Waals surface area contributed by atoms with Crippen molar-refractivity contribution < 1.29 is 18.0 Å². The Bertz CT molecular complexity index is 974. The summed E-state index contributed by atoms with van der Waals surface area (Å²) in [5, 5.41) is 0. The Hall–Kier alpha value is -2.25.